The van der Waals surface area contributed by atoms with E-state index in [0.29, 0.717) is 21.0 Å². The molecule has 19 heavy (non-hydrogen) atoms. The maximum Gasteiger partial charge on any atom is 0.284 e. The highest BCUT2D eigenvalue weighted by atomic mass is 79.9. The molecular formula is C10H8BrN5O2S. The van der Waals surface area contributed by atoms with Crippen LogP contribution in [0.1, 0.15) is 5.56 Å². The number of nitro groups is 1. The van der Waals surface area contributed by atoms with Crippen molar-refractivity contribution in [2.24, 2.45) is 5.10 Å². The summed E-state index contributed by atoms with van der Waals surface area (Å²) in [6.07, 6.45) is 1.47. The van der Waals surface area contributed by atoms with Crippen molar-refractivity contribution in [2.45, 2.75) is 0 Å². The first kappa shape index (κ1) is 13.4. The van der Waals surface area contributed by atoms with Gasteiger partial charge in [-0.25, -0.2) is 4.98 Å². The number of nitro benzene ring substituents is 1. The fraction of sp³-hybridized carbons (Fsp3) is 0. The van der Waals surface area contributed by atoms with E-state index in [-0.39, 0.29) is 5.69 Å². The second-order valence-corrected chi connectivity index (χ2v) is 5.13. The predicted molar refractivity (Wildman–Crippen MR) is 78.5 cm³/mol. The molecule has 98 valence electrons. The summed E-state index contributed by atoms with van der Waals surface area (Å²) in [6.45, 7) is 0. The average molecular weight is 342 g/mol. The SMILES string of the molecule is Nc1csc(NN=Cc2ccc(Br)c([N+](=O)[O-])c2)n1. The molecule has 0 amide bonds. The van der Waals surface area contributed by atoms with E-state index in [9.17, 15) is 10.1 Å². The van der Waals surface area contributed by atoms with Crippen LogP contribution in [-0.2, 0) is 0 Å². The number of anilines is 2. The van der Waals surface area contributed by atoms with Gasteiger partial charge in [-0.05, 0) is 22.0 Å². The van der Waals surface area contributed by atoms with Gasteiger partial charge in [0.15, 0.2) is 0 Å². The van der Waals surface area contributed by atoms with Crippen molar-refractivity contribution in [3.05, 3.63) is 43.7 Å². The summed E-state index contributed by atoms with van der Waals surface area (Å²) in [5.41, 5.74) is 8.74. The lowest BCUT2D eigenvalue weighted by Crippen LogP contribution is -1.94. The first-order valence-electron chi connectivity index (χ1n) is 5.00. The molecule has 0 aliphatic heterocycles. The number of hydrogen-bond acceptors (Lipinski definition) is 7. The van der Waals surface area contributed by atoms with E-state index in [1.807, 2.05) is 0 Å². The summed E-state index contributed by atoms with van der Waals surface area (Å²) in [4.78, 5) is 14.3. The van der Waals surface area contributed by atoms with E-state index in [2.05, 4.69) is 31.4 Å². The Hall–Kier alpha value is -2.00. The zero-order chi connectivity index (χ0) is 13.8. The van der Waals surface area contributed by atoms with Crippen LogP contribution in [0.3, 0.4) is 0 Å². The van der Waals surface area contributed by atoms with Crippen LogP contribution in [0.15, 0.2) is 33.2 Å². The van der Waals surface area contributed by atoms with Crippen molar-refractivity contribution < 1.29 is 4.92 Å². The number of nitrogens with zero attached hydrogens (tertiary/aromatic N) is 3. The van der Waals surface area contributed by atoms with Crippen LogP contribution < -0.4 is 11.2 Å². The molecule has 0 saturated heterocycles. The van der Waals surface area contributed by atoms with Crippen molar-refractivity contribution >= 4 is 50.1 Å². The van der Waals surface area contributed by atoms with Gasteiger partial charge in [0, 0.05) is 17.0 Å². The fourth-order valence-electron chi connectivity index (χ4n) is 1.25. The lowest BCUT2D eigenvalue weighted by molar-refractivity contribution is -0.385. The maximum atomic E-state index is 10.8. The van der Waals surface area contributed by atoms with Crippen LogP contribution >= 0.6 is 27.3 Å². The minimum absolute atomic E-state index is 0.0116. The van der Waals surface area contributed by atoms with Crippen molar-refractivity contribution in [2.75, 3.05) is 11.2 Å². The van der Waals surface area contributed by atoms with Gasteiger partial charge in [-0.3, -0.25) is 15.5 Å². The summed E-state index contributed by atoms with van der Waals surface area (Å²) < 4.78 is 0.426. The van der Waals surface area contributed by atoms with Crippen LogP contribution in [0.4, 0.5) is 16.6 Å². The van der Waals surface area contributed by atoms with Crippen LogP contribution in [0.2, 0.25) is 0 Å². The fourth-order valence-corrected chi connectivity index (χ4v) is 2.19. The highest BCUT2D eigenvalue weighted by Crippen LogP contribution is 2.25. The number of halogens is 1. The lowest BCUT2D eigenvalue weighted by atomic mass is 10.2. The van der Waals surface area contributed by atoms with Gasteiger partial charge in [-0.2, -0.15) is 5.10 Å². The maximum absolute atomic E-state index is 10.8. The van der Waals surface area contributed by atoms with Gasteiger partial charge in [0.1, 0.15) is 5.82 Å². The van der Waals surface area contributed by atoms with E-state index in [1.54, 1.807) is 17.5 Å². The molecule has 0 bridgehead atoms. The Bertz CT molecular complexity index is 643. The smallest absolute Gasteiger partial charge is 0.284 e. The van der Waals surface area contributed by atoms with E-state index in [0.717, 1.165) is 0 Å². The molecule has 1 heterocycles. The molecule has 0 unspecified atom stereocenters. The Morgan fingerprint density at radius 2 is 2.37 bits per heavy atom. The molecule has 0 saturated carbocycles. The first-order valence-corrected chi connectivity index (χ1v) is 6.67. The van der Waals surface area contributed by atoms with Crippen LogP contribution in [0, 0.1) is 10.1 Å². The second-order valence-electron chi connectivity index (χ2n) is 3.42. The zero-order valence-electron chi connectivity index (χ0n) is 9.41. The minimum Gasteiger partial charge on any atom is -0.383 e. The van der Waals surface area contributed by atoms with Crippen molar-refractivity contribution in [1.82, 2.24) is 4.98 Å². The summed E-state index contributed by atoms with van der Waals surface area (Å²) in [7, 11) is 0. The number of benzene rings is 1. The van der Waals surface area contributed by atoms with Crippen molar-refractivity contribution in [3.63, 3.8) is 0 Å². The van der Waals surface area contributed by atoms with Crippen LogP contribution in [0.25, 0.3) is 0 Å². The quantitative estimate of drug-likeness (QED) is 0.505. The van der Waals surface area contributed by atoms with Gasteiger partial charge in [-0.15, -0.1) is 11.3 Å². The molecule has 7 nitrogen and oxygen atoms in total. The number of hydrogen-bond donors (Lipinski definition) is 2. The van der Waals surface area contributed by atoms with E-state index in [4.69, 9.17) is 5.73 Å². The van der Waals surface area contributed by atoms with Crippen LogP contribution in [-0.4, -0.2) is 16.1 Å². The van der Waals surface area contributed by atoms with Gasteiger partial charge in [0.25, 0.3) is 5.69 Å². The van der Waals surface area contributed by atoms with Gasteiger partial charge in [0.2, 0.25) is 5.13 Å². The average Bonchev–Trinajstić information content (AvgIpc) is 2.77. The monoisotopic (exact) mass is 341 g/mol. The Labute approximate surface area is 120 Å². The number of thiazole rings is 1. The standard InChI is InChI=1S/C10H8BrN5O2S/c11-7-2-1-6(3-8(7)16(17)18)4-13-15-10-14-9(12)5-19-10/h1-5H,12H2,(H,14,15). The molecule has 1 aromatic heterocycles. The number of nitrogens with one attached hydrogen (secondary N) is 1. The second kappa shape index (κ2) is 5.76. The van der Waals surface area contributed by atoms with Gasteiger partial charge in [0.05, 0.1) is 15.6 Å². The molecule has 2 aromatic rings. The molecule has 0 aliphatic rings. The summed E-state index contributed by atoms with van der Waals surface area (Å²) in [6, 6.07) is 4.73. The normalized spacial score (nSPS) is 10.8. The third-order valence-corrected chi connectivity index (χ3v) is 3.50. The van der Waals surface area contributed by atoms with Crippen molar-refractivity contribution in [3.8, 4) is 0 Å². The van der Waals surface area contributed by atoms with E-state index < -0.39 is 4.92 Å². The molecule has 2 rings (SSSR count). The Kier molecular flexibility index (Phi) is 4.07. The highest BCUT2D eigenvalue weighted by Gasteiger charge is 2.11. The topological polar surface area (TPSA) is 106 Å². The molecule has 0 spiro atoms. The molecule has 0 fully saturated rings. The summed E-state index contributed by atoms with van der Waals surface area (Å²) in [5.74, 6) is 0.418. The number of nitrogens with two attached hydrogens (primary N) is 1. The molecule has 0 radical (unpaired) electrons. The van der Waals surface area contributed by atoms with Crippen molar-refractivity contribution in [1.29, 1.82) is 0 Å². The largest absolute Gasteiger partial charge is 0.383 e. The molecule has 1 aromatic carbocycles. The molecule has 9 heteroatoms. The Morgan fingerprint density at radius 1 is 1.58 bits per heavy atom. The number of aromatic nitrogens is 1. The van der Waals surface area contributed by atoms with Crippen LogP contribution in [0.5, 0.6) is 0 Å². The molecule has 0 atom stereocenters. The van der Waals surface area contributed by atoms with E-state index >= 15 is 0 Å². The zero-order valence-corrected chi connectivity index (χ0v) is 11.8. The minimum atomic E-state index is -0.462. The lowest BCUT2D eigenvalue weighted by Gasteiger charge is -1.97. The number of nitrogen functional groups attached to an aromatic ring is 1. The third kappa shape index (κ3) is 3.48. The molecular weight excluding hydrogens is 334 g/mol. The van der Waals surface area contributed by atoms with Gasteiger partial charge >= 0.3 is 0 Å². The third-order valence-electron chi connectivity index (χ3n) is 2.06. The Morgan fingerprint density at radius 3 is 3.00 bits per heavy atom. The van der Waals surface area contributed by atoms with Gasteiger partial charge < -0.3 is 5.73 Å². The van der Waals surface area contributed by atoms with Gasteiger partial charge in [-0.1, -0.05) is 6.07 Å². The number of rotatable bonds is 4. The molecule has 3 N–H and O–H groups in total. The van der Waals surface area contributed by atoms with E-state index in [1.165, 1.54) is 23.6 Å². The summed E-state index contributed by atoms with van der Waals surface area (Å²) in [5, 5.41) is 16.9. The Balaban J connectivity index is 2.10. The summed E-state index contributed by atoms with van der Waals surface area (Å²) >= 11 is 4.43. The predicted octanol–water partition coefficient (Wildman–Crippen LogP) is 2.84. The first-order chi connectivity index (χ1) is 9.06. The molecule has 0 aliphatic carbocycles. The number of hydrazone groups is 1. The highest BCUT2D eigenvalue weighted by molar-refractivity contribution is 9.10.